The van der Waals surface area contributed by atoms with Gasteiger partial charge in [-0.25, -0.2) is 18.1 Å². The van der Waals surface area contributed by atoms with Gasteiger partial charge in [-0.2, -0.15) is 0 Å². The summed E-state index contributed by atoms with van der Waals surface area (Å²) >= 11 is 1.24. The van der Waals surface area contributed by atoms with E-state index >= 15 is 0 Å². The van der Waals surface area contributed by atoms with Crippen LogP contribution in [0.2, 0.25) is 0 Å². The average Bonchev–Trinajstić information content (AvgIpc) is 3.39. The number of aromatic nitrogens is 1. The zero-order chi connectivity index (χ0) is 21.3. The molecule has 31 heavy (non-hydrogen) atoms. The van der Waals surface area contributed by atoms with Crippen LogP contribution in [-0.2, 0) is 16.6 Å². The lowest BCUT2D eigenvalue weighted by atomic mass is 9.85. The van der Waals surface area contributed by atoms with E-state index in [4.69, 9.17) is 4.42 Å². The Kier molecular flexibility index (Phi) is 5.97. The number of thiophene rings is 1. The van der Waals surface area contributed by atoms with Crippen molar-refractivity contribution in [3.63, 3.8) is 0 Å². The standard InChI is InChI=1S/C23H27N3O3S2/c27-31(28,25-19-11-13-26(14-12-19)16-17-5-2-1-3-6-17)22-10-9-21(30-22)20-15-24-23(29-20)18-7-4-8-18/h1-3,5-6,9-10,15,18-19,25H,4,7-8,11-14,16H2. The normalized spacial score (nSPS) is 18.8. The Bertz CT molecular complexity index is 1110. The van der Waals surface area contributed by atoms with Crippen LogP contribution in [0.3, 0.4) is 0 Å². The van der Waals surface area contributed by atoms with E-state index < -0.39 is 10.0 Å². The van der Waals surface area contributed by atoms with Crippen LogP contribution in [0.1, 0.15) is 49.5 Å². The number of hydrogen-bond donors (Lipinski definition) is 1. The van der Waals surface area contributed by atoms with Crippen molar-refractivity contribution in [1.29, 1.82) is 0 Å². The molecular weight excluding hydrogens is 430 g/mol. The van der Waals surface area contributed by atoms with Crippen molar-refractivity contribution in [3.05, 3.63) is 60.1 Å². The fourth-order valence-corrected chi connectivity index (χ4v) is 6.74. The van der Waals surface area contributed by atoms with Gasteiger partial charge in [0.1, 0.15) is 4.21 Å². The molecule has 3 aromatic rings. The Morgan fingerprint density at radius 1 is 1.06 bits per heavy atom. The highest BCUT2D eigenvalue weighted by molar-refractivity contribution is 7.91. The number of benzene rings is 1. The number of rotatable bonds is 7. The van der Waals surface area contributed by atoms with Crippen LogP contribution >= 0.6 is 11.3 Å². The van der Waals surface area contributed by atoms with Gasteiger partial charge in [-0.15, -0.1) is 11.3 Å². The fraction of sp³-hybridized carbons (Fsp3) is 0.435. The molecule has 1 saturated heterocycles. The van der Waals surface area contributed by atoms with Crippen LogP contribution in [0.25, 0.3) is 10.6 Å². The maximum Gasteiger partial charge on any atom is 0.250 e. The Morgan fingerprint density at radius 2 is 1.84 bits per heavy atom. The van der Waals surface area contributed by atoms with E-state index in [-0.39, 0.29) is 6.04 Å². The Balaban J connectivity index is 1.18. The molecule has 3 heterocycles. The second kappa shape index (κ2) is 8.86. The second-order valence-corrected chi connectivity index (χ2v) is 11.5. The van der Waals surface area contributed by atoms with Crippen molar-refractivity contribution in [2.24, 2.45) is 0 Å². The summed E-state index contributed by atoms with van der Waals surface area (Å²) in [5.74, 6) is 1.85. The SMILES string of the molecule is O=S(=O)(NC1CCN(Cc2ccccc2)CC1)c1ccc(-c2cnc(C3CCC3)o2)s1. The van der Waals surface area contributed by atoms with Gasteiger partial charge in [0.05, 0.1) is 11.1 Å². The summed E-state index contributed by atoms with van der Waals surface area (Å²) in [4.78, 5) is 7.57. The summed E-state index contributed by atoms with van der Waals surface area (Å²) in [7, 11) is -3.54. The molecule has 2 aromatic heterocycles. The summed E-state index contributed by atoms with van der Waals surface area (Å²) in [5.41, 5.74) is 1.29. The number of piperidine rings is 1. The minimum Gasteiger partial charge on any atom is -0.440 e. The Morgan fingerprint density at radius 3 is 2.55 bits per heavy atom. The van der Waals surface area contributed by atoms with Crippen molar-refractivity contribution >= 4 is 21.4 Å². The number of oxazole rings is 1. The molecule has 1 aromatic carbocycles. The van der Waals surface area contributed by atoms with Gasteiger partial charge >= 0.3 is 0 Å². The molecule has 2 fully saturated rings. The van der Waals surface area contributed by atoms with Gasteiger partial charge in [-0.3, -0.25) is 4.90 Å². The van der Waals surface area contributed by atoms with Crippen molar-refractivity contribution in [2.45, 2.75) is 54.8 Å². The topological polar surface area (TPSA) is 75.4 Å². The highest BCUT2D eigenvalue weighted by atomic mass is 32.2. The first-order valence-corrected chi connectivity index (χ1v) is 13.2. The van der Waals surface area contributed by atoms with Crippen LogP contribution in [0, 0.1) is 0 Å². The van der Waals surface area contributed by atoms with Crippen molar-refractivity contribution in [3.8, 4) is 10.6 Å². The summed E-state index contributed by atoms with van der Waals surface area (Å²) in [6.45, 7) is 2.69. The van der Waals surface area contributed by atoms with Crippen molar-refractivity contribution < 1.29 is 12.8 Å². The van der Waals surface area contributed by atoms with E-state index in [1.807, 2.05) is 12.1 Å². The smallest absolute Gasteiger partial charge is 0.250 e. The molecule has 0 atom stereocenters. The van der Waals surface area contributed by atoms with Gasteiger partial charge < -0.3 is 4.42 Å². The third kappa shape index (κ3) is 4.77. The zero-order valence-corrected chi connectivity index (χ0v) is 19.0. The molecule has 2 aliphatic rings. The molecule has 5 rings (SSSR count). The fourth-order valence-electron chi connectivity index (χ4n) is 4.17. The predicted molar refractivity (Wildman–Crippen MR) is 121 cm³/mol. The maximum absolute atomic E-state index is 12.9. The number of nitrogens with zero attached hydrogens (tertiary/aromatic N) is 2. The molecule has 0 amide bonds. The summed E-state index contributed by atoms with van der Waals surface area (Å²) in [6, 6.07) is 13.8. The predicted octanol–water partition coefficient (Wildman–Crippen LogP) is 4.61. The lowest BCUT2D eigenvalue weighted by molar-refractivity contribution is 0.200. The Hall–Kier alpha value is -2.00. The molecule has 0 bridgehead atoms. The first-order valence-electron chi connectivity index (χ1n) is 10.9. The van der Waals surface area contributed by atoms with Crippen LogP contribution in [-0.4, -0.2) is 37.4 Å². The van der Waals surface area contributed by atoms with Crippen LogP contribution in [0.15, 0.2) is 57.3 Å². The third-order valence-corrected chi connectivity index (χ3v) is 9.34. The molecule has 0 radical (unpaired) electrons. The Labute approximate surface area is 187 Å². The minimum absolute atomic E-state index is 0.0296. The minimum atomic E-state index is -3.54. The van der Waals surface area contributed by atoms with Gasteiger partial charge in [0.25, 0.3) is 0 Å². The van der Waals surface area contributed by atoms with Crippen LogP contribution < -0.4 is 4.72 Å². The van der Waals surface area contributed by atoms with Gasteiger partial charge in [-0.1, -0.05) is 36.8 Å². The molecule has 1 aliphatic heterocycles. The van der Waals surface area contributed by atoms with E-state index in [2.05, 4.69) is 38.9 Å². The molecular formula is C23H27N3O3S2. The monoisotopic (exact) mass is 457 g/mol. The number of nitrogens with one attached hydrogen (secondary N) is 1. The average molecular weight is 458 g/mol. The zero-order valence-electron chi connectivity index (χ0n) is 17.4. The molecule has 8 heteroatoms. The van der Waals surface area contributed by atoms with Crippen LogP contribution in [0.5, 0.6) is 0 Å². The lowest BCUT2D eigenvalue weighted by Crippen LogP contribution is -2.44. The third-order valence-electron chi connectivity index (χ3n) is 6.23. The summed E-state index contributed by atoms with van der Waals surface area (Å²) < 4.78 is 35.0. The molecule has 0 spiro atoms. The highest BCUT2D eigenvalue weighted by Gasteiger charge is 2.27. The van der Waals surface area contributed by atoms with Crippen molar-refractivity contribution in [2.75, 3.05) is 13.1 Å². The van der Waals surface area contributed by atoms with E-state index in [0.717, 1.165) is 56.1 Å². The first kappa shape index (κ1) is 20.9. The molecule has 0 unspecified atom stereocenters. The lowest BCUT2D eigenvalue weighted by Gasteiger charge is -2.32. The molecule has 1 saturated carbocycles. The molecule has 164 valence electrons. The van der Waals surface area contributed by atoms with Gasteiger partial charge in [0, 0.05) is 31.6 Å². The summed E-state index contributed by atoms with van der Waals surface area (Å²) in [5, 5.41) is 0. The molecule has 6 nitrogen and oxygen atoms in total. The highest BCUT2D eigenvalue weighted by Crippen LogP contribution is 2.38. The van der Waals surface area contributed by atoms with E-state index in [1.54, 1.807) is 12.3 Å². The maximum atomic E-state index is 12.9. The summed E-state index contributed by atoms with van der Waals surface area (Å²) in [6.07, 6.45) is 6.82. The van der Waals surface area contributed by atoms with E-state index in [1.165, 1.54) is 23.3 Å². The number of likely N-dealkylation sites (tertiary alicyclic amines) is 1. The van der Waals surface area contributed by atoms with E-state index in [0.29, 0.717) is 15.9 Å². The molecule has 1 N–H and O–H groups in total. The quantitative estimate of drug-likeness (QED) is 0.561. The molecule has 1 aliphatic carbocycles. The largest absolute Gasteiger partial charge is 0.440 e. The first-order chi connectivity index (χ1) is 15.1. The van der Waals surface area contributed by atoms with Crippen LogP contribution in [0.4, 0.5) is 0 Å². The number of hydrogen-bond acceptors (Lipinski definition) is 6. The van der Waals surface area contributed by atoms with Crippen molar-refractivity contribution in [1.82, 2.24) is 14.6 Å². The second-order valence-electron chi connectivity index (χ2n) is 8.47. The van der Waals surface area contributed by atoms with Gasteiger partial charge in [-0.05, 0) is 43.4 Å². The van der Waals surface area contributed by atoms with Gasteiger partial charge in [0.15, 0.2) is 11.7 Å². The van der Waals surface area contributed by atoms with E-state index in [9.17, 15) is 8.42 Å². The van der Waals surface area contributed by atoms with Gasteiger partial charge in [0.2, 0.25) is 10.0 Å². The number of sulfonamides is 1.